The van der Waals surface area contributed by atoms with E-state index in [-0.39, 0.29) is 25.0 Å². The zero-order chi connectivity index (χ0) is 33.8. The van der Waals surface area contributed by atoms with Gasteiger partial charge < -0.3 is 31.4 Å². The van der Waals surface area contributed by atoms with Crippen LogP contribution in [0.5, 0.6) is 0 Å². The van der Waals surface area contributed by atoms with Crippen LogP contribution in [0.15, 0.2) is 134 Å². The summed E-state index contributed by atoms with van der Waals surface area (Å²) in [5.74, 6) is 0. The van der Waals surface area contributed by atoms with Crippen LogP contribution >= 0.6 is 30.5 Å². The highest BCUT2D eigenvalue weighted by atomic mass is 35.5. The topological polar surface area (TPSA) is 54.0 Å². The summed E-state index contributed by atoms with van der Waals surface area (Å²) in [5, 5.41) is 5.43. The van der Waals surface area contributed by atoms with Gasteiger partial charge in [0.15, 0.2) is 18.9 Å². The summed E-state index contributed by atoms with van der Waals surface area (Å²) in [6.45, 7) is 8.58. The van der Waals surface area contributed by atoms with Crippen molar-refractivity contribution in [3.05, 3.63) is 166 Å². The van der Waals surface area contributed by atoms with Crippen molar-refractivity contribution in [3.63, 3.8) is 0 Å². The second kappa shape index (κ2) is 19.2. The lowest BCUT2D eigenvalue weighted by molar-refractivity contribution is -0.0443. The average molecular weight is 736 g/mol. The maximum absolute atomic E-state index is 10.6. The Hall–Kier alpha value is -3.35. The molecule has 9 heteroatoms. The molecule has 2 aliphatic heterocycles. The van der Waals surface area contributed by atoms with Crippen LogP contribution in [0.2, 0.25) is 10.0 Å². The Morgan fingerprint density at radius 2 is 0.939 bits per heavy atom. The normalized spacial score (nSPS) is 14.4. The summed E-state index contributed by atoms with van der Waals surface area (Å²) in [6.07, 6.45) is 1.85. The quantitative estimate of drug-likeness (QED) is 0.156. The number of hydrogen-bond acceptors (Lipinski definition) is 5. The van der Waals surface area contributed by atoms with Gasteiger partial charge in [-0.15, -0.1) is 0 Å². The van der Waals surface area contributed by atoms with E-state index in [1.54, 1.807) is 24.3 Å². The number of carbonyl (C=O) groups excluding carboxylic acids is 1. The number of benzene rings is 5. The number of halogens is 3. The van der Waals surface area contributed by atoms with Crippen molar-refractivity contribution < 1.29 is 36.1 Å². The van der Waals surface area contributed by atoms with Crippen LogP contribution in [-0.4, -0.2) is 39.4 Å². The first-order valence-corrected chi connectivity index (χ1v) is 18.6. The largest absolute Gasteiger partial charge is 1.00 e. The zero-order valence-electron chi connectivity index (χ0n) is 27.1. The van der Waals surface area contributed by atoms with Gasteiger partial charge in [0.2, 0.25) is 0 Å². The minimum Gasteiger partial charge on any atom is -1.00 e. The molecule has 0 spiro atoms. The molecule has 2 saturated heterocycles. The Morgan fingerprint density at radius 1 is 0.592 bits per heavy atom. The molecule has 0 saturated carbocycles. The van der Waals surface area contributed by atoms with E-state index in [0.29, 0.717) is 42.0 Å². The van der Waals surface area contributed by atoms with Crippen molar-refractivity contribution in [2.75, 3.05) is 33.1 Å². The van der Waals surface area contributed by atoms with Crippen molar-refractivity contribution >= 4 is 58.7 Å². The van der Waals surface area contributed by atoms with E-state index >= 15 is 0 Å². The Morgan fingerprint density at radius 3 is 1.29 bits per heavy atom. The van der Waals surface area contributed by atoms with Gasteiger partial charge in [0.25, 0.3) is 0 Å². The Balaban J connectivity index is 0.000000168. The lowest BCUT2D eigenvalue weighted by atomic mass is 10.1. The third-order valence-corrected chi connectivity index (χ3v) is 12.7. The number of hydrogen-bond donors (Lipinski definition) is 0. The van der Waals surface area contributed by atoms with Crippen LogP contribution < -0.4 is 28.3 Å². The molecule has 5 aromatic rings. The Labute approximate surface area is 305 Å². The highest BCUT2D eigenvalue weighted by Crippen LogP contribution is 2.51. The molecule has 0 aliphatic carbocycles. The van der Waals surface area contributed by atoms with Crippen LogP contribution in [0.4, 0.5) is 0 Å². The summed E-state index contributed by atoms with van der Waals surface area (Å²) in [6, 6.07) is 43.5. The summed E-state index contributed by atoms with van der Waals surface area (Å²) < 4.78 is 21.4. The lowest BCUT2D eigenvalue weighted by Gasteiger charge is -2.22. The van der Waals surface area contributed by atoms with Crippen LogP contribution in [0.3, 0.4) is 0 Å². The maximum Gasteiger partial charge on any atom is 0.184 e. The van der Waals surface area contributed by atoms with Gasteiger partial charge in [-0.05, 0) is 66.2 Å². The summed E-state index contributed by atoms with van der Waals surface area (Å²) in [5.41, 5.74) is 3.18. The molecule has 0 N–H and O–H groups in total. The van der Waals surface area contributed by atoms with Crippen molar-refractivity contribution in [2.45, 2.75) is 12.6 Å². The lowest BCUT2D eigenvalue weighted by Crippen LogP contribution is -3.00. The molecule has 0 bridgehead atoms. The molecule has 254 valence electrons. The Bertz CT molecular complexity index is 1600. The summed E-state index contributed by atoms with van der Waals surface area (Å²) in [7, 11) is -1.53. The predicted molar refractivity (Wildman–Crippen MR) is 199 cm³/mol. The number of ether oxygens (including phenoxy) is 4. The van der Waals surface area contributed by atoms with E-state index in [0.717, 1.165) is 23.0 Å². The third kappa shape index (κ3) is 9.88. The first-order chi connectivity index (χ1) is 23.4. The summed E-state index contributed by atoms with van der Waals surface area (Å²) in [4.78, 5) is 10.6. The van der Waals surface area contributed by atoms with E-state index in [4.69, 9.17) is 42.1 Å². The first-order valence-electron chi connectivity index (χ1n) is 15.6. The SMILES string of the molecule is C=Cc1cc(C2OCCO2)ccc1Cl.C[P+](c1ccccc1)(c1ccccc1)c1ccccc1.O=Cc1cc(C2OCCO2)ccc1Cl.[Cl-]. The Kier molecular flexibility index (Phi) is 15.0. The fourth-order valence-corrected chi connectivity index (χ4v) is 8.95. The van der Waals surface area contributed by atoms with E-state index < -0.39 is 7.26 Å². The summed E-state index contributed by atoms with van der Waals surface area (Å²) >= 11 is 11.7. The predicted octanol–water partition coefficient (Wildman–Crippen LogP) is 5.84. The van der Waals surface area contributed by atoms with Crippen LogP contribution in [0.25, 0.3) is 6.08 Å². The van der Waals surface area contributed by atoms with Gasteiger partial charge in [-0.2, -0.15) is 0 Å². The molecular weight excluding hydrogens is 698 g/mol. The second-order valence-electron chi connectivity index (χ2n) is 11.0. The average Bonchev–Trinajstić information content (AvgIpc) is 3.90. The van der Waals surface area contributed by atoms with Crippen LogP contribution in [0.1, 0.15) is 39.6 Å². The molecule has 0 aromatic heterocycles. The maximum atomic E-state index is 10.6. The van der Waals surface area contributed by atoms with Crippen LogP contribution in [-0.2, 0) is 18.9 Å². The highest BCUT2D eigenvalue weighted by molar-refractivity contribution is 7.95. The van der Waals surface area contributed by atoms with Crippen molar-refractivity contribution in [2.24, 2.45) is 0 Å². The molecule has 7 rings (SSSR count). The smallest absolute Gasteiger partial charge is 0.184 e. The molecule has 0 atom stereocenters. The monoisotopic (exact) mass is 734 g/mol. The highest BCUT2D eigenvalue weighted by Gasteiger charge is 2.39. The number of aldehydes is 1. The van der Waals surface area contributed by atoms with Gasteiger partial charge in [-0.25, -0.2) is 0 Å². The molecule has 0 amide bonds. The standard InChI is InChI=1S/C19H18P.C11H11ClO2.C10H9ClO3.ClH/c1-20(17-11-5-2-6-12-17,18-13-7-3-8-14-18)19-15-9-4-10-16-19;1-2-8-7-9(3-4-10(8)12)11-13-5-6-14-11;11-9-2-1-7(5-8(9)6-12)10-13-3-4-14-10;/h2-16H,1H3;2-4,7,11H,1,5-6H2;1-2,5-6,10H,3-4H2;1H/q+1;;;/p-1. The van der Waals surface area contributed by atoms with E-state index in [1.807, 2.05) is 18.2 Å². The van der Waals surface area contributed by atoms with Crippen molar-refractivity contribution in [1.29, 1.82) is 0 Å². The van der Waals surface area contributed by atoms with Gasteiger partial charge in [-0.3, -0.25) is 4.79 Å². The van der Waals surface area contributed by atoms with E-state index in [9.17, 15) is 4.79 Å². The molecule has 0 radical (unpaired) electrons. The van der Waals surface area contributed by atoms with Crippen LogP contribution in [0, 0.1) is 0 Å². The molecular formula is C40H38Cl3O5P. The van der Waals surface area contributed by atoms with E-state index in [2.05, 4.69) is 104 Å². The molecule has 2 aliphatic rings. The molecule has 0 unspecified atom stereocenters. The van der Waals surface area contributed by atoms with Gasteiger partial charge >= 0.3 is 0 Å². The minimum absolute atomic E-state index is 0. The van der Waals surface area contributed by atoms with Crippen molar-refractivity contribution in [1.82, 2.24) is 0 Å². The van der Waals surface area contributed by atoms with Gasteiger partial charge in [0.1, 0.15) is 23.2 Å². The molecule has 5 aromatic carbocycles. The minimum atomic E-state index is -1.53. The second-order valence-corrected chi connectivity index (χ2v) is 15.4. The van der Waals surface area contributed by atoms with Gasteiger partial charge in [0, 0.05) is 21.7 Å². The number of rotatable bonds is 7. The molecule has 2 fully saturated rings. The van der Waals surface area contributed by atoms with Crippen molar-refractivity contribution in [3.8, 4) is 0 Å². The number of carbonyl (C=O) groups is 1. The first kappa shape index (κ1) is 38.5. The van der Waals surface area contributed by atoms with Gasteiger partial charge in [-0.1, -0.05) is 103 Å². The van der Waals surface area contributed by atoms with Gasteiger partial charge in [0.05, 0.1) is 38.1 Å². The molecule has 5 nitrogen and oxygen atoms in total. The fraction of sp³-hybridized carbons (Fsp3) is 0.175. The third-order valence-electron chi connectivity index (χ3n) is 7.99. The molecule has 2 heterocycles. The zero-order valence-corrected chi connectivity index (χ0v) is 30.3. The molecule has 49 heavy (non-hydrogen) atoms. The fourth-order valence-electron chi connectivity index (χ4n) is 5.39. The van der Waals surface area contributed by atoms with E-state index in [1.165, 1.54) is 15.9 Å².